The Hall–Kier alpha value is 0.240. The highest BCUT2D eigenvalue weighted by atomic mass is 35.5. The van der Waals surface area contributed by atoms with E-state index < -0.39 is 7.82 Å². The quantitative estimate of drug-likeness (QED) is 0.691. The van der Waals surface area contributed by atoms with Crippen LogP contribution in [-0.4, -0.2) is 62.7 Å². The Morgan fingerprint density at radius 1 is 0.889 bits per heavy atom. The SMILES string of the molecule is O=P(OCl)(ON1CCOCC1)ON1CCOCC1. The summed E-state index contributed by atoms with van der Waals surface area (Å²) >= 11 is 5.22. The van der Waals surface area contributed by atoms with Gasteiger partial charge in [-0.1, -0.05) is 0 Å². The van der Waals surface area contributed by atoms with Crippen LogP contribution in [0.3, 0.4) is 0 Å². The van der Waals surface area contributed by atoms with Gasteiger partial charge in [0.05, 0.1) is 38.3 Å². The molecule has 0 aromatic heterocycles. The van der Waals surface area contributed by atoms with Gasteiger partial charge in [-0.25, -0.2) is 4.57 Å². The van der Waals surface area contributed by atoms with E-state index in [2.05, 4.69) is 4.08 Å². The first-order valence-electron chi connectivity index (χ1n) is 5.67. The molecular formula is C8H16ClN2O6P. The number of halogens is 1. The molecule has 0 N–H and O–H groups in total. The summed E-state index contributed by atoms with van der Waals surface area (Å²) in [4.78, 5) is 0. The zero-order chi connectivity index (χ0) is 12.8. The van der Waals surface area contributed by atoms with Crippen molar-refractivity contribution in [2.24, 2.45) is 0 Å². The van der Waals surface area contributed by atoms with Crippen LogP contribution >= 0.6 is 19.7 Å². The van der Waals surface area contributed by atoms with Crippen molar-refractivity contribution >= 4 is 19.7 Å². The van der Waals surface area contributed by atoms with E-state index in [1.165, 1.54) is 10.1 Å². The van der Waals surface area contributed by atoms with Gasteiger partial charge in [0.1, 0.15) is 0 Å². The van der Waals surface area contributed by atoms with Crippen molar-refractivity contribution in [3.05, 3.63) is 0 Å². The van der Waals surface area contributed by atoms with Gasteiger partial charge in [-0.2, -0.15) is 23.5 Å². The van der Waals surface area contributed by atoms with Gasteiger partial charge in [0.15, 0.2) is 0 Å². The summed E-state index contributed by atoms with van der Waals surface area (Å²) in [7, 11) is -3.83. The lowest BCUT2D eigenvalue weighted by molar-refractivity contribution is -0.176. The highest BCUT2D eigenvalue weighted by Gasteiger charge is 2.35. The van der Waals surface area contributed by atoms with Crippen molar-refractivity contribution in [2.75, 3.05) is 52.6 Å². The number of hydrogen-bond acceptors (Lipinski definition) is 8. The topological polar surface area (TPSA) is 69.7 Å². The number of hydrogen-bond donors (Lipinski definition) is 0. The van der Waals surface area contributed by atoms with Crippen LogP contribution in [0.4, 0.5) is 0 Å². The van der Waals surface area contributed by atoms with E-state index in [1.54, 1.807) is 0 Å². The Morgan fingerprint density at radius 2 is 1.28 bits per heavy atom. The van der Waals surface area contributed by atoms with Gasteiger partial charge < -0.3 is 9.47 Å². The fourth-order valence-electron chi connectivity index (χ4n) is 1.58. The van der Waals surface area contributed by atoms with Crippen molar-refractivity contribution in [3.8, 4) is 0 Å². The van der Waals surface area contributed by atoms with E-state index in [0.29, 0.717) is 52.6 Å². The lowest BCUT2D eigenvalue weighted by Gasteiger charge is -2.31. The Labute approximate surface area is 110 Å². The lowest BCUT2D eigenvalue weighted by Crippen LogP contribution is -2.38. The molecule has 0 radical (unpaired) electrons. The first kappa shape index (κ1) is 14.6. The lowest BCUT2D eigenvalue weighted by atomic mass is 10.5. The zero-order valence-corrected chi connectivity index (χ0v) is 11.5. The van der Waals surface area contributed by atoms with Gasteiger partial charge in [-0.15, -0.1) is 0 Å². The standard InChI is InChI=1S/C8H16ClN2O6P/c9-15-18(12,16-10-1-5-13-6-2-10)17-11-3-7-14-8-4-11/h1-8H2. The number of hydroxylamine groups is 4. The monoisotopic (exact) mass is 302 g/mol. The molecule has 2 heterocycles. The van der Waals surface area contributed by atoms with Crippen molar-refractivity contribution in [2.45, 2.75) is 0 Å². The third-order valence-electron chi connectivity index (χ3n) is 2.46. The largest absolute Gasteiger partial charge is 0.524 e. The molecule has 106 valence electrons. The van der Waals surface area contributed by atoms with Gasteiger partial charge in [-0.05, 0) is 0 Å². The summed E-state index contributed by atoms with van der Waals surface area (Å²) in [6, 6.07) is 0. The molecule has 0 bridgehead atoms. The van der Waals surface area contributed by atoms with Crippen LogP contribution in [0.25, 0.3) is 0 Å². The number of morpholine rings is 2. The fourth-order valence-corrected chi connectivity index (χ4v) is 2.70. The van der Waals surface area contributed by atoms with E-state index in [4.69, 9.17) is 30.6 Å². The molecule has 0 atom stereocenters. The van der Waals surface area contributed by atoms with E-state index in [-0.39, 0.29) is 0 Å². The summed E-state index contributed by atoms with van der Waals surface area (Å²) in [5.74, 6) is 0. The van der Waals surface area contributed by atoms with Gasteiger partial charge in [0.2, 0.25) is 0 Å². The fraction of sp³-hybridized carbons (Fsp3) is 1.00. The Kier molecular flexibility index (Phi) is 5.81. The molecule has 2 rings (SSSR count). The Balaban J connectivity index is 1.85. The second-order valence-corrected chi connectivity index (χ2v) is 5.54. The predicted octanol–water partition coefficient (Wildman–Crippen LogP) is 0.792. The third kappa shape index (κ3) is 4.41. The molecule has 2 aliphatic heterocycles. The van der Waals surface area contributed by atoms with Crippen molar-refractivity contribution < 1.29 is 27.4 Å². The van der Waals surface area contributed by atoms with E-state index in [0.717, 1.165) is 0 Å². The zero-order valence-electron chi connectivity index (χ0n) is 9.83. The molecule has 8 nitrogen and oxygen atoms in total. The van der Waals surface area contributed by atoms with Crippen LogP contribution in [-0.2, 0) is 27.4 Å². The number of nitrogens with zero attached hydrogens (tertiary/aromatic N) is 2. The maximum absolute atomic E-state index is 12.2. The molecule has 10 heteroatoms. The summed E-state index contributed by atoms with van der Waals surface area (Å²) < 4.78 is 37.2. The molecule has 0 unspecified atom stereocenters. The Bertz CT molecular complexity index is 273. The first-order chi connectivity index (χ1) is 8.72. The molecule has 2 aliphatic rings. The minimum atomic E-state index is -3.83. The van der Waals surface area contributed by atoms with Gasteiger partial charge in [0.25, 0.3) is 0 Å². The average molecular weight is 303 g/mol. The molecular weight excluding hydrogens is 287 g/mol. The molecule has 0 saturated carbocycles. The first-order valence-corrected chi connectivity index (χ1v) is 7.44. The van der Waals surface area contributed by atoms with Crippen LogP contribution < -0.4 is 0 Å². The number of rotatable bonds is 5. The third-order valence-corrected chi connectivity index (χ3v) is 3.99. The maximum atomic E-state index is 12.2. The molecule has 2 saturated heterocycles. The van der Waals surface area contributed by atoms with Crippen LogP contribution in [0.2, 0.25) is 0 Å². The highest BCUT2D eigenvalue weighted by Crippen LogP contribution is 2.52. The number of ether oxygens (including phenoxy) is 2. The van der Waals surface area contributed by atoms with Crippen LogP contribution in [0.15, 0.2) is 0 Å². The van der Waals surface area contributed by atoms with Crippen molar-refractivity contribution in [3.63, 3.8) is 0 Å². The maximum Gasteiger partial charge on any atom is 0.524 e. The molecule has 0 spiro atoms. The van der Waals surface area contributed by atoms with Crippen LogP contribution in [0, 0.1) is 0 Å². The molecule has 0 aliphatic carbocycles. The minimum absolute atomic E-state index is 0.483. The van der Waals surface area contributed by atoms with Crippen molar-refractivity contribution in [1.29, 1.82) is 0 Å². The summed E-state index contributed by atoms with van der Waals surface area (Å²) in [6.45, 7) is 3.93. The van der Waals surface area contributed by atoms with Gasteiger partial charge >= 0.3 is 7.82 Å². The molecule has 18 heavy (non-hydrogen) atoms. The van der Waals surface area contributed by atoms with E-state index in [9.17, 15) is 4.57 Å². The van der Waals surface area contributed by atoms with Gasteiger partial charge in [-0.3, -0.25) is 0 Å². The number of phosphoric acid groups is 1. The Morgan fingerprint density at radius 3 is 1.61 bits per heavy atom. The van der Waals surface area contributed by atoms with Crippen molar-refractivity contribution in [1.82, 2.24) is 10.1 Å². The van der Waals surface area contributed by atoms with Gasteiger partial charge in [0, 0.05) is 26.2 Å². The van der Waals surface area contributed by atoms with Crippen LogP contribution in [0.5, 0.6) is 0 Å². The molecule has 0 aromatic carbocycles. The summed E-state index contributed by atoms with van der Waals surface area (Å²) in [5, 5.41) is 2.93. The van der Waals surface area contributed by atoms with Crippen LogP contribution in [0.1, 0.15) is 0 Å². The molecule has 2 fully saturated rings. The summed E-state index contributed by atoms with van der Waals surface area (Å²) in [5.41, 5.74) is 0. The average Bonchev–Trinajstić information content (AvgIpc) is 2.41. The van der Waals surface area contributed by atoms with E-state index in [1.807, 2.05) is 0 Å². The predicted molar refractivity (Wildman–Crippen MR) is 61.5 cm³/mol. The molecule has 0 aromatic rings. The smallest absolute Gasteiger partial charge is 0.379 e. The minimum Gasteiger partial charge on any atom is -0.379 e. The normalized spacial score (nSPS) is 24.3. The summed E-state index contributed by atoms with van der Waals surface area (Å²) in [6.07, 6.45) is 0. The molecule has 0 amide bonds. The second-order valence-electron chi connectivity index (χ2n) is 3.76. The van der Waals surface area contributed by atoms with E-state index >= 15 is 0 Å². The second kappa shape index (κ2) is 7.14. The highest BCUT2D eigenvalue weighted by molar-refractivity contribution is 7.49.